The Labute approximate surface area is 259 Å². The molecule has 0 radical (unpaired) electrons. The Morgan fingerprint density at radius 2 is 1.29 bits per heavy atom. The molecule has 0 bridgehead atoms. The Kier molecular flexibility index (Phi) is 5.36. The summed E-state index contributed by atoms with van der Waals surface area (Å²) in [4.78, 5) is 14.6. The van der Waals surface area contributed by atoms with Gasteiger partial charge >= 0.3 is 0 Å². The molecule has 0 aliphatic carbocycles. The van der Waals surface area contributed by atoms with E-state index in [0.717, 1.165) is 72.2 Å². The van der Waals surface area contributed by atoms with Gasteiger partial charge in [0.15, 0.2) is 0 Å². The quantitative estimate of drug-likeness (QED) is 0.194. The number of aromatic nitrogens is 5. The first kappa shape index (κ1) is 25.7. The minimum absolute atomic E-state index is 0.00824. The average Bonchev–Trinajstić information content (AvgIpc) is 3.61. The van der Waals surface area contributed by atoms with Gasteiger partial charge in [0.1, 0.15) is 28.6 Å². The van der Waals surface area contributed by atoms with Crippen molar-refractivity contribution < 1.29 is 4.74 Å². The second-order valence-electron chi connectivity index (χ2n) is 12.6. The van der Waals surface area contributed by atoms with Gasteiger partial charge in [-0.15, -0.1) is 0 Å². The van der Waals surface area contributed by atoms with Crippen LogP contribution in [0.3, 0.4) is 0 Å². The summed E-state index contributed by atoms with van der Waals surface area (Å²) in [5.41, 5.74) is 7.14. The van der Waals surface area contributed by atoms with Crippen LogP contribution < -0.4 is 4.74 Å². The Hall–Kier alpha value is -5.75. The van der Waals surface area contributed by atoms with E-state index >= 15 is 0 Å². The van der Waals surface area contributed by atoms with Gasteiger partial charge in [-0.25, -0.2) is 15.0 Å². The van der Waals surface area contributed by atoms with Crippen molar-refractivity contribution in [1.29, 1.82) is 0 Å². The molecule has 0 spiro atoms. The summed E-state index contributed by atoms with van der Waals surface area (Å²) in [7, 11) is 0. The van der Waals surface area contributed by atoms with Gasteiger partial charge in [0.25, 0.3) is 0 Å². The number of benzene rings is 4. The van der Waals surface area contributed by atoms with E-state index in [1.165, 1.54) is 10.9 Å². The van der Waals surface area contributed by atoms with E-state index in [0.29, 0.717) is 0 Å². The maximum Gasteiger partial charge on any atom is 0.147 e. The van der Waals surface area contributed by atoms with Gasteiger partial charge in [0.2, 0.25) is 0 Å². The lowest BCUT2D eigenvalue weighted by molar-refractivity contribution is 0.484. The number of imidazole rings is 1. The zero-order valence-electron chi connectivity index (χ0n) is 25.2. The van der Waals surface area contributed by atoms with Crippen LogP contribution in [0.1, 0.15) is 26.3 Å². The third kappa shape index (κ3) is 3.92. The molecule has 216 valence electrons. The second kappa shape index (κ2) is 9.37. The van der Waals surface area contributed by atoms with Crippen LogP contribution in [0.2, 0.25) is 0 Å². The first-order valence-corrected chi connectivity index (χ1v) is 15.2. The van der Waals surface area contributed by atoms with Crippen molar-refractivity contribution in [2.75, 3.05) is 0 Å². The minimum atomic E-state index is 0.00824. The number of fused-ring (bicyclic) bond motifs is 11. The first-order valence-electron chi connectivity index (χ1n) is 15.2. The van der Waals surface area contributed by atoms with E-state index in [1.807, 2.05) is 48.8 Å². The molecular weight excluding hydrogens is 554 g/mol. The summed E-state index contributed by atoms with van der Waals surface area (Å²) in [6.45, 7) is 6.69. The zero-order chi connectivity index (χ0) is 30.3. The topological polar surface area (TPSA) is 57.2 Å². The van der Waals surface area contributed by atoms with Crippen LogP contribution in [0, 0.1) is 0 Å². The summed E-state index contributed by atoms with van der Waals surface area (Å²) < 4.78 is 11.0. The Morgan fingerprint density at radius 3 is 2.16 bits per heavy atom. The highest BCUT2D eigenvalue weighted by atomic mass is 16.5. The van der Waals surface area contributed by atoms with Gasteiger partial charge in [-0.05, 0) is 89.2 Å². The molecule has 0 aliphatic rings. The largest absolute Gasteiger partial charge is 0.457 e. The highest BCUT2D eigenvalue weighted by molar-refractivity contribution is 6.13. The van der Waals surface area contributed by atoms with Crippen molar-refractivity contribution in [3.05, 3.63) is 127 Å². The smallest absolute Gasteiger partial charge is 0.147 e. The molecule has 0 atom stereocenters. The molecule has 9 rings (SSSR count). The number of pyridine rings is 3. The standard InChI is InChI=1S/C39H29N5O/c1-39(2,3)24-18-20-40-36(21-24)43-33-12-6-4-9-28(33)29-17-15-26(23-35(29)43)45-25-14-16-27-30-10-8-19-41-37(30)44-34-13-7-5-11-32(34)42-38(44)31(27)22-25/h4-23H,1-3H3. The first-order chi connectivity index (χ1) is 21.9. The molecule has 4 aromatic carbocycles. The normalized spacial score (nSPS) is 12.3. The molecule has 0 N–H and O–H groups in total. The predicted molar refractivity (Wildman–Crippen MR) is 183 cm³/mol. The molecular formula is C39H29N5O. The van der Waals surface area contributed by atoms with Crippen LogP contribution in [0.25, 0.3) is 66.1 Å². The fourth-order valence-electron chi connectivity index (χ4n) is 6.62. The average molecular weight is 584 g/mol. The third-order valence-corrected chi connectivity index (χ3v) is 8.80. The van der Waals surface area contributed by atoms with Crippen LogP contribution in [0.5, 0.6) is 11.5 Å². The lowest BCUT2D eigenvalue weighted by Crippen LogP contribution is -2.12. The molecule has 0 saturated heterocycles. The number of rotatable bonds is 3. The molecule has 0 unspecified atom stereocenters. The molecule has 0 fully saturated rings. The van der Waals surface area contributed by atoms with E-state index in [2.05, 4.69) is 103 Å². The molecule has 0 aliphatic heterocycles. The van der Waals surface area contributed by atoms with Crippen molar-refractivity contribution in [3.63, 3.8) is 0 Å². The van der Waals surface area contributed by atoms with Crippen molar-refractivity contribution >= 4 is 60.3 Å². The molecule has 0 saturated carbocycles. The van der Waals surface area contributed by atoms with Gasteiger partial charge in [-0.2, -0.15) is 0 Å². The van der Waals surface area contributed by atoms with Crippen molar-refractivity contribution in [2.24, 2.45) is 0 Å². The van der Waals surface area contributed by atoms with Crippen LogP contribution in [0.4, 0.5) is 0 Å². The Balaban J connectivity index is 1.22. The maximum atomic E-state index is 6.61. The summed E-state index contributed by atoms with van der Waals surface area (Å²) in [6, 6.07) is 37.7. The lowest BCUT2D eigenvalue weighted by atomic mass is 9.88. The molecule has 45 heavy (non-hydrogen) atoms. The van der Waals surface area contributed by atoms with E-state index in [9.17, 15) is 0 Å². The molecule has 6 heteroatoms. The number of para-hydroxylation sites is 3. The van der Waals surface area contributed by atoms with E-state index < -0.39 is 0 Å². The Bertz CT molecular complexity index is 2620. The molecule has 6 nitrogen and oxygen atoms in total. The predicted octanol–water partition coefficient (Wildman–Crippen LogP) is 9.77. The van der Waals surface area contributed by atoms with Crippen molar-refractivity contribution in [3.8, 4) is 17.3 Å². The number of nitrogens with zero attached hydrogens (tertiary/aromatic N) is 5. The highest BCUT2D eigenvalue weighted by Gasteiger charge is 2.19. The van der Waals surface area contributed by atoms with Crippen LogP contribution in [-0.4, -0.2) is 23.9 Å². The minimum Gasteiger partial charge on any atom is -0.457 e. The van der Waals surface area contributed by atoms with Crippen LogP contribution in [0.15, 0.2) is 122 Å². The van der Waals surface area contributed by atoms with Gasteiger partial charge in [0, 0.05) is 40.0 Å². The van der Waals surface area contributed by atoms with Gasteiger partial charge in [-0.1, -0.05) is 51.1 Å². The maximum absolute atomic E-state index is 6.61. The van der Waals surface area contributed by atoms with E-state index in [1.54, 1.807) is 0 Å². The molecule has 5 aromatic heterocycles. The summed E-state index contributed by atoms with van der Waals surface area (Å²) >= 11 is 0. The molecule has 0 amide bonds. The lowest BCUT2D eigenvalue weighted by Gasteiger charge is -2.20. The second-order valence-corrected chi connectivity index (χ2v) is 12.6. The SMILES string of the molecule is CC(C)(C)c1ccnc(-n2c3ccccc3c3ccc(Oc4ccc5c6cccnc6n6c7ccccc7nc6c5c4)cc32)c1. The molecule has 5 heterocycles. The number of hydrogen-bond acceptors (Lipinski definition) is 4. The van der Waals surface area contributed by atoms with Crippen molar-refractivity contribution in [2.45, 2.75) is 26.2 Å². The van der Waals surface area contributed by atoms with Crippen molar-refractivity contribution in [1.82, 2.24) is 23.9 Å². The van der Waals surface area contributed by atoms with Crippen LogP contribution >= 0.6 is 0 Å². The number of ether oxygens (including phenoxy) is 1. The summed E-state index contributed by atoms with van der Waals surface area (Å²) in [5, 5.41) is 5.52. The Morgan fingerprint density at radius 1 is 0.556 bits per heavy atom. The zero-order valence-corrected chi connectivity index (χ0v) is 25.2. The highest BCUT2D eigenvalue weighted by Crippen LogP contribution is 2.38. The van der Waals surface area contributed by atoms with E-state index in [-0.39, 0.29) is 5.41 Å². The van der Waals surface area contributed by atoms with Crippen LogP contribution in [-0.2, 0) is 5.41 Å². The van der Waals surface area contributed by atoms with Gasteiger partial charge in [-0.3, -0.25) is 8.97 Å². The monoisotopic (exact) mass is 583 g/mol. The fraction of sp³-hybridized carbons (Fsp3) is 0.103. The van der Waals surface area contributed by atoms with Gasteiger partial charge < -0.3 is 4.74 Å². The summed E-state index contributed by atoms with van der Waals surface area (Å²) in [5.74, 6) is 2.39. The molecule has 9 aromatic rings. The fourth-order valence-corrected chi connectivity index (χ4v) is 6.62. The summed E-state index contributed by atoms with van der Waals surface area (Å²) in [6.07, 6.45) is 3.75. The third-order valence-electron chi connectivity index (χ3n) is 8.80. The number of hydrogen-bond donors (Lipinski definition) is 0. The van der Waals surface area contributed by atoms with E-state index in [4.69, 9.17) is 19.7 Å². The van der Waals surface area contributed by atoms with Gasteiger partial charge in [0.05, 0.1) is 22.1 Å².